The van der Waals surface area contributed by atoms with Crippen LogP contribution in [-0.2, 0) is 9.53 Å². The Morgan fingerprint density at radius 2 is 1.71 bits per heavy atom. The van der Waals surface area contributed by atoms with Crippen LogP contribution in [0.15, 0.2) is 47.7 Å². The van der Waals surface area contributed by atoms with Gasteiger partial charge in [-0.05, 0) is 54.4 Å². The van der Waals surface area contributed by atoms with Gasteiger partial charge in [-0.25, -0.2) is 4.79 Å². The Morgan fingerprint density at radius 3 is 2.25 bits per heavy atom. The summed E-state index contributed by atoms with van der Waals surface area (Å²) in [5, 5.41) is 0. The Balaban J connectivity index is 1.50. The lowest BCUT2D eigenvalue weighted by Gasteiger charge is -2.32. The van der Waals surface area contributed by atoms with Gasteiger partial charge in [-0.3, -0.25) is 14.5 Å². The van der Waals surface area contributed by atoms with Gasteiger partial charge in [0.15, 0.2) is 0 Å². The first kappa shape index (κ1) is 18.7. The van der Waals surface area contributed by atoms with Crippen LogP contribution in [0.2, 0.25) is 0 Å². The average Bonchev–Trinajstić information content (AvgIpc) is 3.12. The summed E-state index contributed by atoms with van der Waals surface area (Å²) in [5.41, 5.74) is 2.14. The molecule has 0 N–H and O–H groups in total. The second-order valence-corrected chi connectivity index (χ2v) is 8.89. The molecular formula is C23H25NO4. The van der Waals surface area contributed by atoms with Crippen LogP contribution in [0.3, 0.4) is 0 Å². The molecule has 1 aromatic carbocycles. The lowest BCUT2D eigenvalue weighted by Crippen LogP contribution is -2.42. The Morgan fingerprint density at radius 1 is 1.07 bits per heavy atom. The summed E-state index contributed by atoms with van der Waals surface area (Å²) >= 11 is 0. The van der Waals surface area contributed by atoms with Crippen LogP contribution in [0.1, 0.15) is 67.2 Å². The summed E-state index contributed by atoms with van der Waals surface area (Å²) in [6, 6.07) is 5.78. The zero-order valence-corrected chi connectivity index (χ0v) is 16.5. The zero-order valence-electron chi connectivity index (χ0n) is 16.5. The SMILES string of the molecule is CC(C)(C)C1CC=C(/C=C2/C[C@H](N3C(=O)c4ccccc4C3=O)C(=O)O2)CC1. The highest BCUT2D eigenvalue weighted by atomic mass is 16.5. The molecule has 0 aromatic heterocycles. The van der Waals surface area contributed by atoms with Crippen molar-refractivity contribution in [1.82, 2.24) is 4.90 Å². The largest absolute Gasteiger partial charge is 0.429 e. The van der Waals surface area contributed by atoms with E-state index in [9.17, 15) is 14.4 Å². The first-order valence-electron chi connectivity index (χ1n) is 9.84. The third-order valence-corrected chi connectivity index (χ3v) is 6.05. The maximum Gasteiger partial charge on any atom is 0.334 e. The molecule has 1 aliphatic carbocycles. The van der Waals surface area contributed by atoms with E-state index in [-0.39, 0.29) is 11.8 Å². The van der Waals surface area contributed by atoms with Crippen molar-refractivity contribution >= 4 is 17.8 Å². The van der Waals surface area contributed by atoms with E-state index < -0.39 is 23.8 Å². The Labute approximate surface area is 165 Å². The van der Waals surface area contributed by atoms with Crippen LogP contribution in [0, 0.1) is 11.3 Å². The summed E-state index contributed by atoms with van der Waals surface area (Å²) < 4.78 is 5.41. The van der Waals surface area contributed by atoms with E-state index in [1.54, 1.807) is 24.3 Å². The molecule has 28 heavy (non-hydrogen) atoms. The van der Waals surface area contributed by atoms with Gasteiger partial charge in [0.2, 0.25) is 0 Å². The van der Waals surface area contributed by atoms with Crippen LogP contribution in [0.4, 0.5) is 0 Å². The number of ether oxygens (including phenoxy) is 1. The third kappa shape index (κ3) is 3.19. The van der Waals surface area contributed by atoms with Gasteiger partial charge in [0.25, 0.3) is 11.8 Å². The minimum absolute atomic E-state index is 0.240. The molecule has 1 fully saturated rings. The number of rotatable bonds is 2. The van der Waals surface area contributed by atoms with Crippen LogP contribution in [0.5, 0.6) is 0 Å². The summed E-state index contributed by atoms with van der Waals surface area (Å²) in [4.78, 5) is 38.7. The fourth-order valence-electron chi connectivity index (χ4n) is 4.27. The molecule has 1 unspecified atom stereocenters. The quantitative estimate of drug-likeness (QED) is 0.569. The Bertz CT molecular complexity index is 884. The topological polar surface area (TPSA) is 63.7 Å². The van der Waals surface area contributed by atoms with Crippen molar-refractivity contribution in [2.24, 2.45) is 11.3 Å². The fourth-order valence-corrected chi connectivity index (χ4v) is 4.27. The first-order valence-corrected chi connectivity index (χ1v) is 9.84. The lowest BCUT2D eigenvalue weighted by molar-refractivity contribution is -0.138. The van der Waals surface area contributed by atoms with Crippen LogP contribution in [-0.4, -0.2) is 28.7 Å². The maximum atomic E-state index is 12.6. The molecule has 2 amide bonds. The van der Waals surface area contributed by atoms with E-state index in [2.05, 4.69) is 26.8 Å². The number of fused-ring (bicyclic) bond motifs is 1. The molecule has 1 saturated heterocycles. The Kier molecular flexibility index (Phi) is 4.48. The van der Waals surface area contributed by atoms with Crippen molar-refractivity contribution in [1.29, 1.82) is 0 Å². The number of carbonyl (C=O) groups excluding carboxylic acids is 3. The van der Waals surface area contributed by atoms with Crippen molar-refractivity contribution in [3.05, 3.63) is 58.9 Å². The highest BCUT2D eigenvalue weighted by Gasteiger charge is 2.46. The smallest absolute Gasteiger partial charge is 0.334 e. The number of esters is 1. The maximum absolute atomic E-state index is 12.6. The summed E-state index contributed by atoms with van der Waals surface area (Å²) in [5.74, 6) is -0.203. The summed E-state index contributed by atoms with van der Waals surface area (Å²) in [6.45, 7) is 6.79. The number of hydrogen-bond acceptors (Lipinski definition) is 4. The van der Waals surface area contributed by atoms with Crippen molar-refractivity contribution in [3.8, 4) is 0 Å². The molecule has 1 aromatic rings. The second-order valence-electron chi connectivity index (χ2n) is 8.89. The van der Waals surface area contributed by atoms with Crippen molar-refractivity contribution < 1.29 is 19.1 Å². The number of hydrogen-bond donors (Lipinski definition) is 0. The van der Waals surface area contributed by atoms with Crippen molar-refractivity contribution in [2.45, 2.75) is 52.5 Å². The molecule has 0 saturated carbocycles. The molecule has 0 bridgehead atoms. The van der Waals surface area contributed by atoms with Gasteiger partial charge in [-0.1, -0.05) is 39.0 Å². The van der Waals surface area contributed by atoms with E-state index >= 15 is 0 Å². The minimum Gasteiger partial charge on any atom is -0.429 e. The predicted molar refractivity (Wildman–Crippen MR) is 104 cm³/mol. The van der Waals surface area contributed by atoms with Gasteiger partial charge >= 0.3 is 5.97 Å². The van der Waals surface area contributed by atoms with Gasteiger partial charge in [0, 0.05) is 6.42 Å². The zero-order chi connectivity index (χ0) is 20.1. The fraction of sp³-hybridized carbons (Fsp3) is 0.435. The van der Waals surface area contributed by atoms with E-state index in [0.29, 0.717) is 22.8 Å². The molecule has 2 atom stereocenters. The molecule has 0 spiro atoms. The monoisotopic (exact) mass is 379 g/mol. The second kappa shape index (κ2) is 6.73. The molecule has 146 valence electrons. The normalized spacial score (nSPS) is 26.5. The van der Waals surface area contributed by atoms with E-state index in [0.717, 1.165) is 29.7 Å². The van der Waals surface area contributed by atoms with E-state index in [1.165, 1.54) is 0 Å². The van der Waals surface area contributed by atoms with Crippen molar-refractivity contribution in [3.63, 3.8) is 0 Å². The number of nitrogens with zero attached hydrogens (tertiary/aromatic N) is 1. The number of benzene rings is 1. The molecule has 5 nitrogen and oxygen atoms in total. The third-order valence-electron chi connectivity index (χ3n) is 6.05. The predicted octanol–water partition coefficient (Wildman–Crippen LogP) is 4.25. The first-order chi connectivity index (χ1) is 13.3. The van der Waals surface area contributed by atoms with E-state index in [4.69, 9.17) is 4.74 Å². The average molecular weight is 379 g/mol. The molecule has 2 heterocycles. The van der Waals surface area contributed by atoms with Crippen LogP contribution < -0.4 is 0 Å². The Hall–Kier alpha value is -2.69. The molecule has 4 rings (SSSR count). The standard InChI is InChI=1S/C23H25NO4/c1-23(2,3)15-10-8-14(9-11-15)12-16-13-19(22(27)28-16)24-20(25)17-6-4-5-7-18(17)21(24)26/h4-8,12,15,19H,9-11,13H2,1-3H3/b16-12-/t15?,19-/m0/s1. The summed E-state index contributed by atoms with van der Waals surface area (Å²) in [7, 11) is 0. The van der Waals surface area contributed by atoms with Crippen LogP contribution in [0.25, 0.3) is 0 Å². The van der Waals surface area contributed by atoms with Crippen molar-refractivity contribution in [2.75, 3.05) is 0 Å². The lowest BCUT2D eigenvalue weighted by atomic mass is 9.73. The van der Waals surface area contributed by atoms with Crippen LogP contribution >= 0.6 is 0 Å². The number of allylic oxidation sites excluding steroid dienone is 3. The molecule has 3 aliphatic rings. The summed E-state index contributed by atoms with van der Waals surface area (Å²) in [6.07, 6.45) is 7.43. The van der Waals surface area contributed by atoms with Gasteiger partial charge in [-0.2, -0.15) is 0 Å². The highest BCUT2D eigenvalue weighted by molar-refractivity contribution is 6.22. The van der Waals surface area contributed by atoms with Gasteiger partial charge < -0.3 is 4.74 Å². The number of carbonyl (C=O) groups is 3. The molecule has 5 heteroatoms. The van der Waals surface area contributed by atoms with Gasteiger partial charge in [-0.15, -0.1) is 0 Å². The molecular weight excluding hydrogens is 354 g/mol. The number of amides is 2. The highest BCUT2D eigenvalue weighted by Crippen LogP contribution is 2.38. The molecule has 2 aliphatic heterocycles. The van der Waals surface area contributed by atoms with Gasteiger partial charge in [0.05, 0.1) is 11.1 Å². The van der Waals surface area contributed by atoms with Gasteiger partial charge in [0.1, 0.15) is 11.8 Å². The number of imide groups is 1. The van der Waals surface area contributed by atoms with E-state index in [1.807, 2.05) is 6.08 Å². The minimum atomic E-state index is -0.884. The molecule has 0 radical (unpaired) electrons. The number of cyclic esters (lactones) is 1.